The second-order valence-corrected chi connectivity index (χ2v) is 4.66. The number of rotatable bonds is 5. The fourth-order valence-electron chi connectivity index (χ4n) is 1.45. The van der Waals surface area contributed by atoms with Gasteiger partial charge >= 0.3 is 0 Å². The smallest absolute Gasteiger partial charge is 0.251 e. The average molecular weight is 234 g/mol. The van der Waals surface area contributed by atoms with Crippen molar-refractivity contribution in [2.75, 3.05) is 5.32 Å². The number of anilines is 1. The third-order valence-corrected chi connectivity index (χ3v) is 2.59. The van der Waals surface area contributed by atoms with Crippen molar-refractivity contribution < 1.29 is 4.79 Å². The van der Waals surface area contributed by atoms with Crippen molar-refractivity contribution in [3.05, 3.63) is 29.8 Å². The molecule has 0 radical (unpaired) electrons. The van der Waals surface area contributed by atoms with Crippen molar-refractivity contribution in [2.45, 2.75) is 46.2 Å². The quantitative estimate of drug-likeness (QED) is 0.822. The maximum absolute atomic E-state index is 11.7. The van der Waals surface area contributed by atoms with Crippen molar-refractivity contribution in [3.8, 4) is 0 Å². The van der Waals surface area contributed by atoms with Gasteiger partial charge in [0.05, 0.1) is 0 Å². The Morgan fingerprint density at radius 1 is 1.18 bits per heavy atom. The lowest BCUT2D eigenvalue weighted by Gasteiger charge is -2.13. The van der Waals surface area contributed by atoms with E-state index in [2.05, 4.69) is 24.5 Å². The topological polar surface area (TPSA) is 41.1 Å². The Balaban J connectivity index is 2.64. The minimum absolute atomic E-state index is 0.0184. The van der Waals surface area contributed by atoms with Crippen molar-refractivity contribution in [1.82, 2.24) is 5.32 Å². The van der Waals surface area contributed by atoms with Gasteiger partial charge in [0, 0.05) is 23.3 Å². The van der Waals surface area contributed by atoms with Crippen LogP contribution in [0.15, 0.2) is 24.3 Å². The van der Waals surface area contributed by atoms with Gasteiger partial charge in [-0.3, -0.25) is 4.79 Å². The largest absolute Gasteiger partial charge is 0.383 e. The molecule has 0 saturated heterocycles. The van der Waals surface area contributed by atoms with Gasteiger partial charge in [-0.25, -0.2) is 0 Å². The van der Waals surface area contributed by atoms with Crippen molar-refractivity contribution in [1.29, 1.82) is 0 Å². The Hall–Kier alpha value is -1.51. The Kier molecular flexibility index (Phi) is 5.01. The lowest BCUT2D eigenvalue weighted by molar-refractivity contribution is 0.0943. The molecule has 3 heteroatoms. The van der Waals surface area contributed by atoms with Gasteiger partial charge in [-0.05, 0) is 51.5 Å². The molecule has 0 aliphatic carbocycles. The molecule has 1 rings (SSSR count). The first-order valence-electron chi connectivity index (χ1n) is 6.20. The second-order valence-electron chi connectivity index (χ2n) is 4.66. The second kappa shape index (κ2) is 6.28. The standard InChI is InChI=1S/C14H22N2O/c1-5-11(4)16-13-8-6-12(7-9-13)14(17)15-10(2)3/h6-11,16H,5H2,1-4H3,(H,15,17). The molecule has 0 fully saturated rings. The van der Waals surface area contributed by atoms with Crippen LogP contribution in [-0.2, 0) is 0 Å². The number of amides is 1. The predicted molar refractivity (Wildman–Crippen MR) is 72.4 cm³/mol. The SMILES string of the molecule is CCC(C)Nc1ccc(C(=O)NC(C)C)cc1. The first-order valence-corrected chi connectivity index (χ1v) is 6.20. The zero-order valence-electron chi connectivity index (χ0n) is 11.1. The summed E-state index contributed by atoms with van der Waals surface area (Å²) in [6.07, 6.45) is 1.08. The van der Waals surface area contributed by atoms with Gasteiger partial charge in [0.2, 0.25) is 0 Å². The molecule has 0 spiro atoms. The number of hydrogen-bond donors (Lipinski definition) is 2. The third-order valence-electron chi connectivity index (χ3n) is 2.59. The summed E-state index contributed by atoms with van der Waals surface area (Å²) >= 11 is 0. The van der Waals surface area contributed by atoms with Crippen LogP contribution >= 0.6 is 0 Å². The molecule has 2 N–H and O–H groups in total. The molecule has 17 heavy (non-hydrogen) atoms. The fraction of sp³-hybridized carbons (Fsp3) is 0.500. The van der Waals surface area contributed by atoms with E-state index in [1.807, 2.05) is 38.1 Å². The van der Waals surface area contributed by atoms with Crippen LogP contribution in [0, 0.1) is 0 Å². The van der Waals surface area contributed by atoms with Gasteiger partial charge in [0.1, 0.15) is 0 Å². The Morgan fingerprint density at radius 2 is 1.76 bits per heavy atom. The normalized spacial score (nSPS) is 12.3. The van der Waals surface area contributed by atoms with Crippen LogP contribution in [-0.4, -0.2) is 18.0 Å². The highest BCUT2D eigenvalue weighted by atomic mass is 16.1. The number of hydrogen-bond acceptors (Lipinski definition) is 2. The van der Waals surface area contributed by atoms with Crippen LogP contribution in [0.4, 0.5) is 5.69 Å². The number of nitrogens with one attached hydrogen (secondary N) is 2. The van der Waals surface area contributed by atoms with Gasteiger partial charge in [-0.1, -0.05) is 6.92 Å². The fourth-order valence-corrected chi connectivity index (χ4v) is 1.45. The lowest BCUT2D eigenvalue weighted by Crippen LogP contribution is -2.30. The van der Waals surface area contributed by atoms with Crippen molar-refractivity contribution >= 4 is 11.6 Å². The molecule has 0 aromatic heterocycles. The molecule has 1 atom stereocenters. The summed E-state index contributed by atoms with van der Waals surface area (Å²) in [5.74, 6) is -0.0184. The molecule has 1 aromatic carbocycles. The van der Waals surface area contributed by atoms with Crippen LogP contribution in [0.25, 0.3) is 0 Å². The zero-order chi connectivity index (χ0) is 12.8. The van der Waals surface area contributed by atoms with Gasteiger partial charge in [0.15, 0.2) is 0 Å². The van der Waals surface area contributed by atoms with E-state index in [1.54, 1.807) is 0 Å². The van der Waals surface area contributed by atoms with E-state index in [-0.39, 0.29) is 11.9 Å². The number of carbonyl (C=O) groups is 1. The van der Waals surface area contributed by atoms with E-state index in [0.717, 1.165) is 12.1 Å². The van der Waals surface area contributed by atoms with E-state index in [1.165, 1.54) is 0 Å². The van der Waals surface area contributed by atoms with Crippen molar-refractivity contribution in [2.24, 2.45) is 0 Å². The summed E-state index contributed by atoms with van der Waals surface area (Å²) in [5.41, 5.74) is 1.76. The summed E-state index contributed by atoms with van der Waals surface area (Å²) in [4.78, 5) is 11.7. The lowest BCUT2D eigenvalue weighted by atomic mass is 10.1. The predicted octanol–water partition coefficient (Wildman–Crippen LogP) is 3.04. The zero-order valence-corrected chi connectivity index (χ0v) is 11.1. The minimum atomic E-state index is -0.0184. The molecule has 1 amide bonds. The molecule has 0 aliphatic rings. The van der Waals surface area contributed by atoms with E-state index < -0.39 is 0 Å². The molecular weight excluding hydrogens is 212 g/mol. The molecule has 0 heterocycles. The highest BCUT2D eigenvalue weighted by Crippen LogP contribution is 2.11. The van der Waals surface area contributed by atoms with E-state index in [4.69, 9.17) is 0 Å². The average Bonchev–Trinajstić information content (AvgIpc) is 2.28. The highest BCUT2D eigenvalue weighted by molar-refractivity contribution is 5.94. The Bertz CT molecular complexity index is 357. The van der Waals surface area contributed by atoms with Crippen LogP contribution in [0.2, 0.25) is 0 Å². The van der Waals surface area contributed by atoms with Crippen LogP contribution in [0.1, 0.15) is 44.5 Å². The van der Waals surface area contributed by atoms with Gasteiger partial charge < -0.3 is 10.6 Å². The molecule has 0 aliphatic heterocycles. The Morgan fingerprint density at radius 3 is 2.24 bits per heavy atom. The van der Waals surface area contributed by atoms with Gasteiger partial charge in [-0.2, -0.15) is 0 Å². The summed E-state index contributed by atoms with van der Waals surface area (Å²) in [7, 11) is 0. The van der Waals surface area contributed by atoms with Gasteiger partial charge in [0.25, 0.3) is 5.91 Å². The Labute approximate surface area is 104 Å². The van der Waals surface area contributed by atoms with E-state index in [9.17, 15) is 4.79 Å². The molecule has 94 valence electrons. The third kappa shape index (κ3) is 4.47. The van der Waals surface area contributed by atoms with E-state index in [0.29, 0.717) is 11.6 Å². The highest BCUT2D eigenvalue weighted by Gasteiger charge is 2.06. The molecule has 1 unspecified atom stereocenters. The molecule has 3 nitrogen and oxygen atoms in total. The van der Waals surface area contributed by atoms with E-state index >= 15 is 0 Å². The van der Waals surface area contributed by atoms with Crippen LogP contribution < -0.4 is 10.6 Å². The van der Waals surface area contributed by atoms with Crippen molar-refractivity contribution in [3.63, 3.8) is 0 Å². The summed E-state index contributed by atoms with van der Waals surface area (Å²) < 4.78 is 0. The maximum Gasteiger partial charge on any atom is 0.251 e. The first-order chi connectivity index (χ1) is 8.02. The summed E-state index contributed by atoms with van der Waals surface area (Å²) in [6.45, 7) is 8.19. The summed E-state index contributed by atoms with van der Waals surface area (Å²) in [5, 5.41) is 6.24. The molecular formula is C14H22N2O. The molecule has 0 saturated carbocycles. The number of carbonyl (C=O) groups excluding carboxylic acids is 1. The van der Waals surface area contributed by atoms with Crippen LogP contribution in [0.3, 0.4) is 0 Å². The molecule has 1 aromatic rings. The van der Waals surface area contributed by atoms with Gasteiger partial charge in [-0.15, -0.1) is 0 Å². The van der Waals surface area contributed by atoms with Crippen LogP contribution in [0.5, 0.6) is 0 Å². The summed E-state index contributed by atoms with van der Waals surface area (Å²) in [6, 6.07) is 8.21. The first kappa shape index (κ1) is 13.6. The molecule has 0 bridgehead atoms. The monoisotopic (exact) mass is 234 g/mol. The maximum atomic E-state index is 11.7. The minimum Gasteiger partial charge on any atom is -0.383 e. The number of benzene rings is 1.